The molecule has 2 heterocycles. The zero-order valence-corrected chi connectivity index (χ0v) is 21.4. The highest BCUT2D eigenvalue weighted by molar-refractivity contribution is 7.99. The molecule has 2 aliphatic rings. The van der Waals surface area contributed by atoms with Gasteiger partial charge in [-0.3, -0.25) is 4.90 Å². The minimum Gasteiger partial charge on any atom is -0.497 e. The van der Waals surface area contributed by atoms with Crippen molar-refractivity contribution in [2.45, 2.75) is 35.7 Å². The van der Waals surface area contributed by atoms with Crippen LogP contribution >= 0.6 is 11.8 Å². The van der Waals surface area contributed by atoms with Gasteiger partial charge in [0.15, 0.2) is 0 Å². The van der Waals surface area contributed by atoms with E-state index in [1.165, 1.54) is 37.6 Å². The molecule has 3 aromatic rings. The lowest BCUT2D eigenvalue weighted by molar-refractivity contribution is 0.248. The summed E-state index contributed by atoms with van der Waals surface area (Å²) in [6.45, 7) is 5.43. The zero-order chi connectivity index (χ0) is 24.7. The Morgan fingerprint density at radius 3 is 2.67 bits per heavy atom. The van der Waals surface area contributed by atoms with Gasteiger partial charge in [0.2, 0.25) is 11.8 Å². The van der Waals surface area contributed by atoms with Crippen molar-refractivity contribution < 1.29 is 9.47 Å². The van der Waals surface area contributed by atoms with E-state index >= 15 is 0 Å². The maximum atomic E-state index is 9.53. The van der Waals surface area contributed by atoms with Crippen molar-refractivity contribution in [3.63, 3.8) is 0 Å². The predicted molar refractivity (Wildman–Crippen MR) is 141 cm³/mol. The number of nitrogens with zero attached hydrogens (tertiary/aromatic N) is 5. The van der Waals surface area contributed by atoms with Crippen LogP contribution in [0.25, 0.3) is 0 Å². The first kappa shape index (κ1) is 24.4. The van der Waals surface area contributed by atoms with Crippen molar-refractivity contribution in [3.8, 4) is 17.7 Å². The third kappa shape index (κ3) is 6.28. The summed E-state index contributed by atoms with van der Waals surface area (Å²) >= 11 is 1.46. The Bertz CT molecular complexity index is 1220. The second-order valence-electron chi connectivity index (χ2n) is 9.25. The molecule has 0 unspecified atom stereocenters. The molecule has 0 atom stereocenters. The lowest BCUT2D eigenvalue weighted by Gasteiger charge is -2.34. The molecule has 8 heteroatoms. The van der Waals surface area contributed by atoms with E-state index < -0.39 is 0 Å². The Kier molecular flexibility index (Phi) is 7.89. The highest BCUT2D eigenvalue weighted by Gasteiger charge is 2.25. The molecule has 0 bridgehead atoms. The van der Waals surface area contributed by atoms with Crippen LogP contribution in [0.15, 0.2) is 64.5 Å². The fourth-order valence-electron chi connectivity index (χ4n) is 4.30. The number of hydrogen-bond donors (Lipinski definition) is 0. The van der Waals surface area contributed by atoms with E-state index in [1.807, 2.05) is 54.7 Å². The Balaban J connectivity index is 1.33. The fraction of sp³-hybridized carbons (Fsp3) is 0.393. The van der Waals surface area contributed by atoms with E-state index in [4.69, 9.17) is 19.4 Å². The molecule has 1 saturated heterocycles. The molecule has 2 aromatic carbocycles. The third-order valence-corrected chi connectivity index (χ3v) is 7.73. The first-order valence-corrected chi connectivity index (χ1v) is 13.3. The lowest BCUT2D eigenvalue weighted by Crippen LogP contribution is -2.47. The van der Waals surface area contributed by atoms with Crippen molar-refractivity contribution in [2.75, 3.05) is 44.7 Å². The number of aromatic nitrogens is 2. The zero-order valence-electron chi connectivity index (χ0n) is 20.6. The molecular formula is C28H31N5O2S. The summed E-state index contributed by atoms with van der Waals surface area (Å²) in [5.74, 6) is 2.97. The van der Waals surface area contributed by atoms with E-state index in [1.54, 1.807) is 7.11 Å². The van der Waals surface area contributed by atoms with Crippen molar-refractivity contribution >= 4 is 17.7 Å². The van der Waals surface area contributed by atoms with Gasteiger partial charge in [0.25, 0.3) is 0 Å². The number of anilines is 1. The summed E-state index contributed by atoms with van der Waals surface area (Å²) < 4.78 is 11.6. The van der Waals surface area contributed by atoms with Gasteiger partial charge in [-0.05, 0) is 48.7 Å². The predicted octanol–water partition coefficient (Wildman–Crippen LogP) is 5.01. The molecule has 7 nitrogen and oxygen atoms in total. The average Bonchev–Trinajstić information content (AvgIpc) is 3.77. The number of methoxy groups -OCH3 is 1. The largest absolute Gasteiger partial charge is 0.497 e. The van der Waals surface area contributed by atoms with E-state index in [0.717, 1.165) is 53.2 Å². The third-order valence-electron chi connectivity index (χ3n) is 6.65. The number of rotatable bonds is 10. The van der Waals surface area contributed by atoms with Crippen LogP contribution in [0, 0.1) is 17.2 Å². The van der Waals surface area contributed by atoms with Crippen LogP contribution in [0.1, 0.15) is 30.4 Å². The van der Waals surface area contributed by atoms with Crippen molar-refractivity contribution in [1.82, 2.24) is 14.9 Å². The number of ether oxygens (including phenoxy) is 2. The summed E-state index contributed by atoms with van der Waals surface area (Å²) in [5.41, 5.74) is 1.61. The van der Waals surface area contributed by atoms with Gasteiger partial charge in [0.1, 0.15) is 18.4 Å². The van der Waals surface area contributed by atoms with Gasteiger partial charge in [-0.1, -0.05) is 48.9 Å². The number of hydrogen-bond acceptors (Lipinski definition) is 8. The topological polar surface area (TPSA) is 74.5 Å². The van der Waals surface area contributed by atoms with Crippen LogP contribution in [0.5, 0.6) is 11.6 Å². The molecule has 0 amide bonds. The van der Waals surface area contributed by atoms with Crippen molar-refractivity contribution in [1.29, 1.82) is 5.26 Å². The summed E-state index contributed by atoms with van der Waals surface area (Å²) in [7, 11) is 1.66. The van der Waals surface area contributed by atoms with Crippen LogP contribution < -0.4 is 14.4 Å². The smallest absolute Gasteiger partial charge is 0.232 e. The van der Waals surface area contributed by atoms with Gasteiger partial charge in [-0.15, -0.1) is 0 Å². The summed E-state index contributed by atoms with van der Waals surface area (Å²) in [5, 5.41) is 9.53. The first-order valence-electron chi connectivity index (χ1n) is 12.5. The molecule has 186 valence electrons. The molecule has 0 spiro atoms. The molecule has 1 aliphatic carbocycles. The van der Waals surface area contributed by atoms with E-state index in [-0.39, 0.29) is 0 Å². The maximum absolute atomic E-state index is 9.53. The number of piperazine rings is 1. The van der Waals surface area contributed by atoms with Gasteiger partial charge in [0.05, 0.1) is 23.8 Å². The Morgan fingerprint density at radius 1 is 1.06 bits per heavy atom. The van der Waals surface area contributed by atoms with Crippen LogP contribution in [0.2, 0.25) is 0 Å². The van der Waals surface area contributed by atoms with Crippen molar-refractivity contribution in [2.24, 2.45) is 5.92 Å². The number of nitriles is 1. The van der Waals surface area contributed by atoms with Gasteiger partial charge in [0, 0.05) is 31.1 Å². The summed E-state index contributed by atoms with van der Waals surface area (Å²) in [6, 6.07) is 17.6. The molecule has 1 aromatic heterocycles. The Hall–Kier alpha value is -3.28. The Morgan fingerprint density at radius 2 is 1.89 bits per heavy atom. The SMILES string of the molecule is COc1cccc(COc2nc(N3CCN(CCC4CC4)CC3)ncc2Sc2ccccc2C#N)c1. The quantitative estimate of drug-likeness (QED) is 0.384. The van der Waals surface area contributed by atoms with Gasteiger partial charge < -0.3 is 14.4 Å². The van der Waals surface area contributed by atoms with E-state index in [0.29, 0.717) is 24.0 Å². The van der Waals surface area contributed by atoms with E-state index in [9.17, 15) is 5.26 Å². The maximum Gasteiger partial charge on any atom is 0.232 e. The van der Waals surface area contributed by atoms with Crippen molar-refractivity contribution in [3.05, 3.63) is 65.9 Å². The van der Waals surface area contributed by atoms with Gasteiger partial charge in [-0.25, -0.2) is 4.98 Å². The highest BCUT2D eigenvalue weighted by atomic mass is 32.2. The summed E-state index contributed by atoms with van der Waals surface area (Å²) in [6.07, 6.45) is 5.97. The second kappa shape index (κ2) is 11.6. The molecule has 1 saturated carbocycles. The van der Waals surface area contributed by atoms with Gasteiger partial charge >= 0.3 is 0 Å². The molecule has 36 heavy (non-hydrogen) atoms. The standard InChI is InChI=1S/C28H31N5O2S/c1-34-24-7-4-5-22(17-24)20-35-27-26(36-25-8-3-2-6-23(25)18-29)19-30-28(31-27)33-15-13-32(14-16-33)12-11-21-9-10-21/h2-8,17,19,21H,9-16,20H2,1H3. The minimum absolute atomic E-state index is 0.357. The van der Waals surface area contributed by atoms with Crippen LogP contribution in [0.4, 0.5) is 5.95 Å². The lowest BCUT2D eigenvalue weighted by atomic mass is 10.2. The van der Waals surface area contributed by atoms with Gasteiger partial charge in [-0.2, -0.15) is 10.2 Å². The second-order valence-corrected chi connectivity index (χ2v) is 10.3. The highest BCUT2D eigenvalue weighted by Crippen LogP contribution is 2.36. The normalized spacial score (nSPS) is 15.9. The summed E-state index contributed by atoms with van der Waals surface area (Å²) in [4.78, 5) is 16.0. The van der Waals surface area contributed by atoms with Crippen LogP contribution in [0.3, 0.4) is 0 Å². The molecule has 1 aliphatic heterocycles. The monoisotopic (exact) mass is 501 g/mol. The molecule has 0 radical (unpaired) electrons. The molecule has 0 N–H and O–H groups in total. The molecule has 2 fully saturated rings. The fourth-order valence-corrected chi connectivity index (χ4v) is 5.20. The van der Waals surface area contributed by atoms with Crippen LogP contribution in [-0.2, 0) is 6.61 Å². The van der Waals surface area contributed by atoms with Crippen LogP contribution in [-0.4, -0.2) is 54.7 Å². The molecular weight excluding hydrogens is 470 g/mol. The average molecular weight is 502 g/mol. The Labute approximate surface area is 217 Å². The minimum atomic E-state index is 0.357. The molecule has 5 rings (SSSR count). The number of benzene rings is 2. The first-order chi connectivity index (χ1) is 17.7. The van der Waals surface area contributed by atoms with E-state index in [2.05, 4.69) is 15.9 Å².